The third-order valence-electron chi connectivity index (χ3n) is 6.87. The zero-order valence-electron chi connectivity index (χ0n) is 24.3. The smallest absolute Gasteiger partial charge is 0.331 e. The molecule has 212 valence electrons. The van der Waals surface area contributed by atoms with Crippen LogP contribution in [0.25, 0.3) is 0 Å². The van der Waals surface area contributed by atoms with Crippen molar-refractivity contribution in [1.29, 1.82) is 0 Å². The van der Waals surface area contributed by atoms with Crippen LogP contribution in [-0.2, 0) is 36.4 Å². The van der Waals surface area contributed by atoms with Crippen molar-refractivity contribution in [3.05, 3.63) is 59.2 Å². The molecule has 2 amide bonds. The number of ether oxygens (including phenoxy) is 2. The van der Waals surface area contributed by atoms with E-state index in [2.05, 4.69) is 5.32 Å². The Bertz CT molecular complexity index is 1160. The van der Waals surface area contributed by atoms with Crippen molar-refractivity contribution in [2.45, 2.75) is 84.7 Å². The number of hydrogen-bond donors (Lipinski definition) is 2. The number of phenols is 1. The summed E-state index contributed by atoms with van der Waals surface area (Å²) in [5, 5.41) is 13.7. The standard InChI is InChI=1S/C31H42N2O6/c1-19(2)26(28(36)33-18-39-29(37)24(33)14-20-12-10-9-11-13-20)32-25(34)17-38-21-15-22(30(3,4)5)27(35)23(16-21)31(6,7)8/h9-13,15-16,19,24,26,35H,14,17-18H2,1-8H3,(H,32,34). The molecule has 0 spiro atoms. The van der Waals surface area contributed by atoms with E-state index in [-0.39, 0.29) is 41.7 Å². The summed E-state index contributed by atoms with van der Waals surface area (Å²) in [6, 6.07) is 11.3. The van der Waals surface area contributed by atoms with E-state index in [4.69, 9.17) is 9.47 Å². The van der Waals surface area contributed by atoms with E-state index in [1.807, 2.05) is 85.7 Å². The highest BCUT2D eigenvalue weighted by atomic mass is 16.6. The molecular weight excluding hydrogens is 496 g/mol. The largest absolute Gasteiger partial charge is 0.507 e. The monoisotopic (exact) mass is 538 g/mol. The predicted octanol–water partition coefficient (Wildman–Crippen LogP) is 4.46. The van der Waals surface area contributed by atoms with E-state index in [1.165, 1.54) is 4.90 Å². The van der Waals surface area contributed by atoms with E-state index in [0.717, 1.165) is 16.7 Å². The highest BCUT2D eigenvalue weighted by molar-refractivity contribution is 5.92. The van der Waals surface area contributed by atoms with E-state index in [9.17, 15) is 19.5 Å². The van der Waals surface area contributed by atoms with E-state index >= 15 is 0 Å². The van der Waals surface area contributed by atoms with Gasteiger partial charge in [-0.25, -0.2) is 4.79 Å². The minimum absolute atomic E-state index is 0.149. The lowest BCUT2D eigenvalue weighted by molar-refractivity contribution is -0.140. The first-order valence-corrected chi connectivity index (χ1v) is 13.4. The van der Waals surface area contributed by atoms with Crippen molar-refractivity contribution in [2.75, 3.05) is 13.3 Å². The predicted molar refractivity (Wildman–Crippen MR) is 150 cm³/mol. The second-order valence-electron chi connectivity index (χ2n) is 12.6. The number of phenolic OH excluding ortho intramolecular Hbond substituents is 1. The molecule has 2 atom stereocenters. The van der Waals surface area contributed by atoms with Crippen LogP contribution in [0, 0.1) is 5.92 Å². The molecule has 0 bridgehead atoms. The molecular formula is C31H42N2O6. The first-order chi connectivity index (χ1) is 18.1. The molecule has 8 nitrogen and oxygen atoms in total. The van der Waals surface area contributed by atoms with Gasteiger partial charge in [0.15, 0.2) is 13.3 Å². The van der Waals surface area contributed by atoms with Crippen molar-refractivity contribution in [3.63, 3.8) is 0 Å². The van der Waals surface area contributed by atoms with Crippen LogP contribution in [0.3, 0.4) is 0 Å². The summed E-state index contributed by atoms with van der Waals surface area (Å²) >= 11 is 0. The molecule has 0 saturated carbocycles. The van der Waals surface area contributed by atoms with Gasteiger partial charge in [-0.2, -0.15) is 0 Å². The first-order valence-electron chi connectivity index (χ1n) is 13.4. The Morgan fingerprint density at radius 2 is 1.62 bits per heavy atom. The normalized spacial score (nSPS) is 16.7. The summed E-state index contributed by atoms with van der Waals surface area (Å²) in [5.41, 5.74) is 1.68. The van der Waals surface area contributed by atoms with Gasteiger partial charge in [-0.15, -0.1) is 0 Å². The van der Waals surface area contributed by atoms with Gasteiger partial charge in [0.05, 0.1) is 0 Å². The molecule has 0 radical (unpaired) electrons. The molecule has 39 heavy (non-hydrogen) atoms. The van der Waals surface area contributed by atoms with Crippen molar-refractivity contribution in [1.82, 2.24) is 10.2 Å². The highest BCUT2D eigenvalue weighted by Crippen LogP contribution is 2.41. The van der Waals surface area contributed by atoms with Crippen LogP contribution in [0.4, 0.5) is 0 Å². The Hall–Kier alpha value is -3.55. The summed E-state index contributed by atoms with van der Waals surface area (Å²) < 4.78 is 11.1. The minimum Gasteiger partial charge on any atom is -0.507 e. The zero-order chi connectivity index (χ0) is 29.1. The number of cyclic esters (lactones) is 1. The van der Waals surface area contributed by atoms with Crippen LogP contribution in [0.2, 0.25) is 0 Å². The summed E-state index contributed by atoms with van der Waals surface area (Å²) in [6.45, 7) is 15.2. The van der Waals surface area contributed by atoms with Gasteiger partial charge in [0.25, 0.3) is 5.91 Å². The maximum Gasteiger partial charge on any atom is 0.331 e. The van der Waals surface area contributed by atoms with Gasteiger partial charge in [-0.1, -0.05) is 85.7 Å². The number of hydrogen-bond acceptors (Lipinski definition) is 6. The summed E-state index contributed by atoms with van der Waals surface area (Å²) in [4.78, 5) is 40.3. The van der Waals surface area contributed by atoms with Crippen molar-refractivity contribution >= 4 is 17.8 Å². The van der Waals surface area contributed by atoms with Crippen LogP contribution >= 0.6 is 0 Å². The van der Waals surface area contributed by atoms with Gasteiger partial charge in [0.1, 0.15) is 23.6 Å². The maximum atomic E-state index is 13.5. The second kappa shape index (κ2) is 11.7. The van der Waals surface area contributed by atoms with Crippen molar-refractivity contribution < 1.29 is 29.0 Å². The SMILES string of the molecule is CC(C)C(NC(=O)COc1cc(C(C)(C)C)c(O)c(C(C)(C)C)c1)C(=O)N1COC(=O)C1Cc1ccccc1. The molecule has 0 aromatic heterocycles. The van der Waals surface area contributed by atoms with Gasteiger partial charge in [-0.05, 0) is 34.4 Å². The summed E-state index contributed by atoms with van der Waals surface area (Å²) in [7, 11) is 0. The van der Waals surface area contributed by atoms with Crippen LogP contribution in [0.5, 0.6) is 11.5 Å². The average molecular weight is 539 g/mol. The molecule has 8 heteroatoms. The summed E-state index contributed by atoms with van der Waals surface area (Å²) in [6.07, 6.45) is 0.334. The van der Waals surface area contributed by atoms with E-state index in [1.54, 1.807) is 12.1 Å². The van der Waals surface area contributed by atoms with Crippen LogP contribution in [0.1, 0.15) is 72.1 Å². The fourth-order valence-electron chi connectivity index (χ4n) is 4.59. The van der Waals surface area contributed by atoms with Gasteiger partial charge < -0.3 is 19.9 Å². The van der Waals surface area contributed by atoms with Crippen LogP contribution in [0.15, 0.2) is 42.5 Å². The lowest BCUT2D eigenvalue weighted by atomic mass is 9.79. The third-order valence-corrected chi connectivity index (χ3v) is 6.87. The van der Waals surface area contributed by atoms with Gasteiger partial charge >= 0.3 is 5.97 Å². The fourth-order valence-corrected chi connectivity index (χ4v) is 4.59. The second-order valence-corrected chi connectivity index (χ2v) is 12.6. The Morgan fingerprint density at radius 3 is 2.13 bits per heavy atom. The van der Waals surface area contributed by atoms with Gasteiger partial charge in [0.2, 0.25) is 5.91 Å². The third kappa shape index (κ3) is 7.31. The zero-order valence-corrected chi connectivity index (χ0v) is 24.3. The number of aromatic hydroxyl groups is 1. The Morgan fingerprint density at radius 1 is 1.05 bits per heavy atom. The Kier molecular flexibility index (Phi) is 8.98. The van der Waals surface area contributed by atoms with Crippen LogP contribution in [-0.4, -0.2) is 53.2 Å². The number of amides is 2. The molecule has 3 rings (SSSR count). The van der Waals surface area contributed by atoms with Crippen LogP contribution < -0.4 is 10.1 Å². The molecule has 1 saturated heterocycles. The molecule has 1 aliphatic heterocycles. The topological polar surface area (TPSA) is 105 Å². The number of carbonyl (C=O) groups excluding carboxylic acids is 3. The minimum atomic E-state index is -0.857. The molecule has 1 aliphatic rings. The molecule has 1 heterocycles. The van der Waals surface area contributed by atoms with Crippen molar-refractivity contribution in [2.24, 2.45) is 5.92 Å². The number of carbonyl (C=O) groups is 3. The van der Waals surface area contributed by atoms with E-state index in [0.29, 0.717) is 12.2 Å². The van der Waals surface area contributed by atoms with Gasteiger partial charge in [0, 0.05) is 17.5 Å². The quantitative estimate of drug-likeness (QED) is 0.481. The fraction of sp³-hybridized carbons (Fsp3) is 0.516. The molecule has 0 aliphatic carbocycles. The molecule has 2 aromatic carbocycles. The number of benzene rings is 2. The molecule has 1 fully saturated rings. The summed E-state index contributed by atoms with van der Waals surface area (Å²) in [5.74, 6) is -0.837. The van der Waals surface area contributed by atoms with Gasteiger partial charge in [-0.3, -0.25) is 14.5 Å². The lowest BCUT2D eigenvalue weighted by Gasteiger charge is -2.29. The Labute approximate surface area is 231 Å². The molecule has 2 aromatic rings. The molecule has 2 N–H and O–H groups in total. The first kappa shape index (κ1) is 30.0. The number of rotatable bonds is 8. The van der Waals surface area contributed by atoms with Crippen molar-refractivity contribution in [3.8, 4) is 11.5 Å². The maximum absolute atomic E-state index is 13.5. The average Bonchev–Trinajstić information content (AvgIpc) is 3.20. The number of nitrogens with one attached hydrogen (secondary N) is 1. The molecule has 2 unspecified atom stereocenters. The lowest BCUT2D eigenvalue weighted by Crippen LogP contribution is -2.54. The number of nitrogens with zero attached hydrogens (tertiary/aromatic N) is 1. The van der Waals surface area contributed by atoms with E-state index < -0.39 is 24.0 Å². The number of esters is 1. The highest BCUT2D eigenvalue weighted by Gasteiger charge is 2.41. The Balaban J connectivity index is 1.73.